The zero-order valence-electron chi connectivity index (χ0n) is 12.6. The van der Waals surface area contributed by atoms with Gasteiger partial charge in [0.2, 0.25) is 5.91 Å². The van der Waals surface area contributed by atoms with Crippen LogP contribution >= 0.6 is 0 Å². The minimum absolute atomic E-state index is 0.160. The Hall–Kier alpha value is -2.37. The lowest BCUT2D eigenvalue weighted by Gasteiger charge is -2.06. The number of unbranched alkanes of at least 4 members (excludes halogenated alkanes) is 3. The summed E-state index contributed by atoms with van der Waals surface area (Å²) in [4.78, 5) is 32.8. The van der Waals surface area contributed by atoms with Crippen LogP contribution in [-0.2, 0) is 14.4 Å². The van der Waals surface area contributed by atoms with Crippen LogP contribution in [0.5, 0.6) is 5.75 Å². The summed E-state index contributed by atoms with van der Waals surface area (Å²) in [5, 5.41) is 11.1. The van der Waals surface area contributed by atoms with Gasteiger partial charge in [-0.15, -0.1) is 0 Å². The Morgan fingerprint density at radius 2 is 1.59 bits per heavy atom. The summed E-state index contributed by atoms with van der Waals surface area (Å²) in [7, 11) is 0. The summed E-state index contributed by atoms with van der Waals surface area (Å²) in [6.07, 6.45) is 3.40. The molecule has 0 spiro atoms. The fraction of sp³-hybridized carbons (Fsp3) is 0.438. The SMILES string of the molecule is CC(=O)Nc1ccc(OC(=O)CCCCCCC(=O)O)cc1. The van der Waals surface area contributed by atoms with E-state index in [1.807, 2.05) is 0 Å². The highest BCUT2D eigenvalue weighted by atomic mass is 16.5. The number of esters is 1. The molecule has 0 aliphatic rings. The topological polar surface area (TPSA) is 92.7 Å². The zero-order chi connectivity index (χ0) is 16.4. The minimum Gasteiger partial charge on any atom is -0.481 e. The first-order valence-electron chi connectivity index (χ1n) is 7.27. The largest absolute Gasteiger partial charge is 0.481 e. The number of carbonyl (C=O) groups excluding carboxylic acids is 2. The number of benzene rings is 1. The fourth-order valence-electron chi connectivity index (χ4n) is 1.89. The van der Waals surface area contributed by atoms with Gasteiger partial charge in [-0.3, -0.25) is 14.4 Å². The molecular formula is C16H21NO5. The Labute approximate surface area is 129 Å². The number of rotatable bonds is 9. The van der Waals surface area contributed by atoms with Crippen LogP contribution in [0.25, 0.3) is 0 Å². The predicted molar refractivity (Wildman–Crippen MR) is 81.7 cm³/mol. The minimum atomic E-state index is -0.790. The fourth-order valence-corrected chi connectivity index (χ4v) is 1.89. The first-order valence-corrected chi connectivity index (χ1v) is 7.27. The summed E-state index contributed by atoms with van der Waals surface area (Å²) >= 11 is 0. The summed E-state index contributed by atoms with van der Waals surface area (Å²) in [5.41, 5.74) is 0.644. The summed E-state index contributed by atoms with van der Waals surface area (Å²) in [6, 6.07) is 6.57. The van der Waals surface area contributed by atoms with Crippen LogP contribution in [0.2, 0.25) is 0 Å². The van der Waals surface area contributed by atoms with Crippen molar-refractivity contribution in [2.45, 2.75) is 45.4 Å². The summed E-state index contributed by atoms with van der Waals surface area (Å²) < 4.78 is 5.17. The number of anilines is 1. The predicted octanol–water partition coefficient (Wildman–Crippen LogP) is 2.98. The van der Waals surface area contributed by atoms with Crippen LogP contribution in [0.3, 0.4) is 0 Å². The van der Waals surface area contributed by atoms with E-state index in [0.717, 1.165) is 12.8 Å². The van der Waals surface area contributed by atoms with Gasteiger partial charge in [-0.05, 0) is 37.1 Å². The molecule has 0 bridgehead atoms. The first kappa shape index (κ1) is 17.7. The Morgan fingerprint density at radius 3 is 2.14 bits per heavy atom. The van der Waals surface area contributed by atoms with Crippen molar-refractivity contribution in [1.29, 1.82) is 0 Å². The van der Waals surface area contributed by atoms with Crippen molar-refractivity contribution in [3.63, 3.8) is 0 Å². The second-order valence-electron chi connectivity index (χ2n) is 4.99. The van der Waals surface area contributed by atoms with Crippen LogP contribution in [0.4, 0.5) is 5.69 Å². The van der Waals surface area contributed by atoms with Gasteiger partial charge in [0.25, 0.3) is 0 Å². The molecule has 0 saturated heterocycles. The van der Waals surface area contributed by atoms with Gasteiger partial charge < -0.3 is 15.2 Å². The van der Waals surface area contributed by atoms with Crippen molar-refractivity contribution < 1.29 is 24.2 Å². The number of carboxylic acid groups (broad SMARTS) is 1. The number of aliphatic carboxylic acids is 1. The van der Waals surface area contributed by atoms with Crippen molar-refractivity contribution in [2.75, 3.05) is 5.32 Å². The highest BCUT2D eigenvalue weighted by molar-refractivity contribution is 5.88. The van der Waals surface area contributed by atoms with Crippen molar-refractivity contribution in [2.24, 2.45) is 0 Å². The monoisotopic (exact) mass is 307 g/mol. The molecule has 22 heavy (non-hydrogen) atoms. The number of hydrogen-bond acceptors (Lipinski definition) is 4. The van der Waals surface area contributed by atoms with E-state index in [9.17, 15) is 14.4 Å². The summed E-state index contributed by atoms with van der Waals surface area (Å²) in [6.45, 7) is 1.42. The van der Waals surface area contributed by atoms with Gasteiger partial charge in [-0.1, -0.05) is 12.8 Å². The van der Waals surface area contributed by atoms with E-state index < -0.39 is 5.97 Å². The van der Waals surface area contributed by atoms with Gasteiger partial charge in [-0.25, -0.2) is 0 Å². The van der Waals surface area contributed by atoms with Crippen LogP contribution in [0, 0.1) is 0 Å². The number of nitrogens with one attached hydrogen (secondary N) is 1. The molecule has 1 aromatic carbocycles. The van der Waals surface area contributed by atoms with Crippen LogP contribution < -0.4 is 10.1 Å². The number of carboxylic acids is 1. The van der Waals surface area contributed by atoms with E-state index in [-0.39, 0.29) is 18.3 Å². The molecule has 0 aromatic heterocycles. The lowest BCUT2D eigenvalue weighted by Crippen LogP contribution is -2.08. The van der Waals surface area contributed by atoms with Crippen LogP contribution in [0.15, 0.2) is 24.3 Å². The molecule has 2 N–H and O–H groups in total. The van der Waals surface area contributed by atoms with E-state index in [4.69, 9.17) is 9.84 Å². The molecule has 6 heteroatoms. The number of ether oxygens (including phenoxy) is 1. The molecule has 0 aliphatic heterocycles. The molecule has 0 fully saturated rings. The van der Waals surface area contributed by atoms with Crippen LogP contribution in [0.1, 0.15) is 45.4 Å². The molecule has 0 radical (unpaired) electrons. The highest BCUT2D eigenvalue weighted by Gasteiger charge is 2.05. The lowest BCUT2D eigenvalue weighted by molar-refractivity contribution is -0.137. The van der Waals surface area contributed by atoms with E-state index in [0.29, 0.717) is 30.7 Å². The van der Waals surface area contributed by atoms with Gasteiger partial charge >= 0.3 is 11.9 Å². The Bertz CT molecular complexity index is 510. The first-order chi connectivity index (χ1) is 10.5. The third-order valence-corrected chi connectivity index (χ3v) is 2.93. The normalized spacial score (nSPS) is 10.0. The molecule has 0 unspecified atom stereocenters. The number of carbonyl (C=O) groups is 3. The number of amides is 1. The van der Waals surface area contributed by atoms with Crippen molar-refractivity contribution >= 4 is 23.5 Å². The second kappa shape index (κ2) is 9.55. The molecule has 6 nitrogen and oxygen atoms in total. The van der Waals surface area contributed by atoms with Gasteiger partial charge in [0.1, 0.15) is 5.75 Å². The second-order valence-corrected chi connectivity index (χ2v) is 4.99. The van der Waals surface area contributed by atoms with E-state index in [1.54, 1.807) is 24.3 Å². The average Bonchev–Trinajstić information content (AvgIpc) is 2.44. The molecule has 0 saturated carbocycles. The van der Waals surface area contributed by atoms with Gasteiger partial charge in [0, 0.05) is 25.5 Å². The molecule has 0 atom stereocenters. The molecule has 120 valence electrons. The molecule has 1 aromatic rings. The maximum atomic E-state index is 11.6. The third kappa shape index (κ3) is 8.04. The Balaban J connectivity index is 2.21. The van der Waals surface area contributed by atoms with Crippen molar-refractivity contribution in [3.8, 4) is 5.75 Å². The molecule has 1 rings (SSSR count). The lowest BCUT2D eigenvalue weighted by atomic mass is 10.1. The maximum absolute atomic E-state index is 11.6. The molecular weight excluding hydrogens is 286 g/mol. The molecule has 1 amide bonds. The molecule has 0 heterocycles. The van der Waals surface area contributed by atoms with Crippen molar-refractivity contribution in [1.82, 2.24) is 0 Å². The van der Waals surface area contributed by atoms with Gasteiger partial charge in [0.05, 0.1) is 0 Å². The quantitative estimate of drug-likeness (QED) is 0.415. The molecule has 0 aliphatic carbocycles. The van der Waals surface area contributed by atoms with E-state index in [1.165, 1.54) is 6.92 Å². The summed E-state index contributed by atoms with van der Waals surface area (Å²) in [5.74, 6) is -0.828. The Morgan fingerprint density at radius 1 is 1.00 bits per heavy atom. The maximum Gasteiger partial charge on any atom is 0.311 e. The zero-order valence-corrected chi connectivity index (χ0v) is 12.6. The third-order valence-electron chi connectivity index (χ3n) is 2.93. The smallest absolute Gasteiger partial charge is 0.311 e. The van der Waals surface area contributed by atoms with E-state index in [2.05, 4.69) is 5.32 Å². The van der Waals surface area contributed by atoms with Gasteiger partial charge in [-0.2, -0.15) is 0 Å². The van der Waals surface area contributed by atoms with E-state index >= 15 is 0 Å². The van der Waals surface area contributed by atoms with Gasteiger partial charge in [0.15, 0.2) is 0 Å². The highest BCUT2D eigenvalue weighted by Crippen LogP contribution is 2.16. The van der Waals surface area contributed by atoms with Crippen molar-refractivity contribution in [3.05, 3.63) is 24.3 Å². The number of hydrogen-bond donors (Lipinski definition) is 2. The van der Waals surface area contributed by atoms with Crippen LogP contribution in [-0.4, -0.2) is 23.0 Å². The standard InChI is InChI=1S/C16H21NO5/c1-12(18)17-13-8-10-14(11-9-13)22-16(21)7-5-3-2-4-6-15(19)20/h8-11H,2-7H2,1H3,(H,17,18)(H,19,20). The average molecular weight is 307 g/mol. The Kier molecular flexibility index (Phi) is 7.67.